The van der Waals surface area contributed by atoms with Crippen LogP contribution in [0, 0.1) is 0 Å². The van der Waals surface area contributed by atoms with Gasteiger partial charge in [-0.25, -0.2) is 0 Å². The van der Waals surface area contributed by atoms with Crippen LogP contribution in [-0.4, -0.2) is 17.7 Å². The van der Waals surface area contributed by atoms with Crippen LogP contribution >= 0.6 is 11.6 Å². The summed E-state index contributed by atoms with van der Waals surface area (Å²) in [5, 5.41) is 11.7. The smallest absolute Gasteiger partial charge is 0.150 e. The minimum atomic E-state index is 0.676. The van der Waals surface area contributed by atoms with Gasteiger partial charge in [-0.15, -0.1) is 0 Å². The third kappa shape index (κ3) is 5.27. The van der Waals surface area contributed by atoms with Gasteiger partial charge >= 0.3 is 0 Å². The van der Waals surface area contributed by atoms with Crippen LogP contribution in [0.2, 0.25) is 5.02 Å². The molecule has 18 heavy (non-hydrogen) atoms. The van der Waals surface area contributed by atoms with Crippen LogP contribution in [0.3, 0.4) is 0 Å². The summed E-state index contributed by atoms with van der Waals surface area (Å²) in [6.07, 6.45) is 2.18. The molecule has 0 saturated heterocycles. The number of hydrogen-bond acceptors (Lipinski definition) is 3. The van der Waals surface area contributed by atoms with Gasteiger partial charge in [-0.3, -0.25) is 4.79 Å². The molecule has 3 nitrogen and oxygen atoms in total. The summed E-state index contributed by atoms with van der Waals surface area (Å²) in [5.74, 6) is 0. The van der Waals surface area contributed by atoms with Crippen molar-refractivity contribution in [1.29, 1.82) is 0 Å². The standard InChI is InChI=1S/C7H6ClNO.C7H6O/c8-7-3-1-6(2-4-7)5-9-10;8-6-7-4-2-1-3-5-7/h1-5,10H;1-6H. The first-order valence-corrected chi connectivity index (χ1v) is 5.57. The highest BCUT2D eigenvalue weighted by atomic mass is 35.5. The van der Waals surface area contributed by atoms with Crippen LogP contribution in [0.25, 0.3) is 0 Å². The molecule has 0 saturated carbocycles. The number of rotatable bonds is 2. The zero-order valence-corrected chi connectivity index (χ0v) is 10.3. The van der Waals surface area contributed by atoms with E-state index in [2.05, 4.69) is 5.16 Å². The van der Waals surface area contributed by atoms with Crippen molar-refractivity contribution in [2.75, 3.05) is 0 Å². The van der Waals surface area contributed by atoms with Crippen LogP contribution < -0.4 is 0 Å². The number of halogens is 1. The van der Waals surface area contributed by atoms with E-state index >= 15 is 0 Å². The van der Waals surface area contributed by atoms with Crippen molar-refractivity contribution in [1.82, 2.24) is 0 Å². The maximum atomic E-state index is 10.0. The SMILES string of the molecule is O=Cc1ccccc1.ON=Cc1ccc(Cl)cc1. The molecule has 2 aromatic rings. The summed E-state index contributed by atoms with van der Waals surface area (Å²) >= 11 is 5.60. The zero-order chi connectivity index (χ0) is 13.2. The Morgan fingerprint density at radius 2 is 1.56 bits per heavy atom. The van der Waals surface area contributed by atoms with E-state index in [9.17, 15) is 4.79 Å². The van der Waals surface area contributed by atoms with Gasteiger partial charge in [-0.1, -0.05) is 59.2 Å². The first kappa shape index (κ1) is 13.9. The summed E-state index contributed by atoms with van der Waals surface area (Å²) in [4.78, 5) is 10.0. The van der Waals surface area contributed by atoms with E-state index in [4.69, 9.17) is 16.8 Å². The van der Waals surface area contributed by atoms with Crippen molar-refractivity contribution < 1.29 is 10.0 Å². The third-order valence-electron chi connectivity index (χ3n) is 2.01. The third-order valence-corrected chi connectivity index (χ3v) is 2.26. The quantitative estimate of drug-likeness (QED) is 0.388. The Morgan fingerprint density at radius 3 is 2.00 bits per heavy atom. The molecule has 0 aromatic heterocycles. The second-order valence-corrected chi connectivity index (χ2v) is 3.76. The van der Waals surface area contributed by atoms with E-state index in [-0.39, 0.29) is 0 Å². The van der Waals surface area contributed by atoms with Crippen molar-refractivity contribution in [3.8, 4) is 0 Å². The second kappa shape index (κ2) is 8.03. The van der Waals surface area contributed by atoms with E-state index in [1.165, 1.54) is 6.21 Å². The summed E-state index contributed by atoms with van der Waals surface area (Å²) in [7, 11) is 0. The molecular weight excluding hydrogens is 250 g/mol. The minimum Gasteiger partial charge on any atom is -0.411 e. The molecule has 0 aliphatic carbocycles. The molecule has 0 fully saturated rings. The zero-order valence-electron chi connectivity index (χ0n) is 9.53. The first-order valence-electron chi connectivity index (χ1n) is 5.19. The number of carbonyl (C=O) groups is 1. The van der Waals surface area contributed by atoms with E-state index < -0.39 is 0 Å². The Bertz CT molecular complexity index is 495. The fourth-order valence-corrected chi connectivity index (χ4v) is 1.27. The highest BCUT2D eigenvalue weighted by molar-refractivity contribution is 6.30. The van der Waals surface area contributed by atoms with Gasteiger partial charge in [0.15, 0.2) is 0 Å². The van der Waals surface area contributed by atoms with Crippen molar-refractivity contribution in [2.45, 2.75) is 0 Å². The molecule has 0 heterocycles. The fourth-order valence-electron chi connectivity index (χ4n) is 1.15. The lowest BCUT2D eigenvalue weighted by molar-refractivity contribution is 0.112. The first-order chi connectivity index (χ1) is 8.76. The molecule has 0 bridgehead atoms. The summed E-state index contributed by atoms with van der Waals surface area (Å²) in [6, 6.07) is 16.1. The number of benzene rings is 2. The summed E-state index contributed by atoms with van der Waals surface area (Å²) < 4.78 is 0. The summed E-state index contributed by atoms with van der Waals surface area (Å²) in [5.41, 5.74) is 1.56. The van der Waals surface area contributed by atoms with Crippen molar-refractivity contribution in [3.63, 3.8) is 0 Å². The maximum Gasteiger partial charge on any atom is 0.150 e. The Balaban J connectivity index is 0.000000184. The monoisotopic (exact) mass is 261 g/mol. The van der Waals surface area contributed by atoms with Gasteiger partial charge in [-0.2, -0.15) is 0 Å². The normalized spacial score (nSPS) is 9.61. The number of oxime groups is 1. The number of nitrogens with zero attached hydrogens (tertiary/aromatic N) is 1. The van der Waals surface area contributed by atoms with Crippen LogP contribution in [0.4, 0.5) is 0 Å². The molecule has 2 aromatic carbocycles. The molecule has 2 rings (SSSR count). The number of hydrogen-bond donors (Lipinski definition) is 1. The lowest BCUT2D eigenvalue weighted by atomic mass is 10.2. The van der Waals surface area contributed by atoms with Gasteiger partial charge in [-0.05, 0) is 17.7 Å². The van der Waals surface area contributed by atoms with Gasteiger partial charge in [0, 0.05) is 10.6 Å². The Kier molecular flexibility index (Phi) is 6.22. The van der Waals surface area contributed by atoms with E-state index in [0.29, 0.717) is 5.02 Å². The molecular formula is C14H12ClNO2. The molecule has 0 radical (unpaired) electrons. The lowest BCUT2D eigenvalue weighted by Gasteiger charge is -1.89. The minimum absolute atomic E-state index is 0.676. The number of carbonyl (C=O) groups excluding carboxylic acids is 1. The molecule has 0 unspecified atom stereocenters. The van der Waals surface area contributed by atoms with E-state index in [1.54, 1.807) is 36.4 Å². The number of aldehydes is 1. The Hall–Kier alpha value is -2.13. The Morgan fingerprint density at radius 1 is 0.944 bits per heavy atom. The van der Waals surface area contributed by atoms with Crippen molar-refractivity contribution in [2.24, 2.45) is 5.16 Å². The van der Waals surface area contributed by atoms with Gasteiger partial charge < -0.3 is 5.21 Å². The van der Waals surface area contributed by atoms with Crippen molar-refractivity contribution in [3.05, 3.63) is 70.7 Å². The largest absolute Gasteiger partial charge is 0.411 e. The van der Waals surface area contributed by atoms with Crippen molar-refractivity contribution >= 4 is 24.1 Å². The predicted molar refractivity (Wildman–Crippen MR) is 72.7 cm³/mol. The Labute approximate surface area is 110 Å². The topological polar surface area (TPSA) is 49.7 Å². The van der Waals surface area contributed by atoms with E-state index in [1.807, 2.05) is 18.2 Å². The van der Waals surface area contributed by atoms with Crippen LogP contribution in [0.1, 0.15) is 15.9 Å². The predicted octanol–water partition coefficient (Wildman–Crippen LogP) is 3.65. The second-order valence-electron chi connectivity index (χ2n) is 3.32. The molecule has 0 amide bonds. The fraction of sp³-hybridized carbons (Fsp3) is 0. The molecule has 0 aliphatic heterocycles. The molecule has 4 heteroatoms. The van der Waals surface area contributed by atoms with Gasteiger partial charge in [0.1, 0.15) is 6.29 Å². The van der Waals surface area contributed by atoms with E-state index in [0.717, 1.165) is 17.4 Å². The molecule has 1 N–H and O–H groups in total. The average molecular weight is 262 g/mol. The van der Waals surface area contributed by atoms with Crippen LogP contribution in [0.15, 0.2) is 59.8 Å². The van der Waals surface area contributed by atoms with Gasteiger partial charge in [0.05, 0.1) is 6.21 Å². The molecule has 92 valence electrons. The average Bonchev–Trinajstić information content (AvgIpc) is 2.43. The lowest BCUT2D eigenvalue weighted by Crippen LogP contribution is -1.77. The molecule has 0 spiro atoms. The van der Waals surface area contributed by atoms with Crippen LogP contribution in [-0.2, 0) is 0 Å². The highest BCUT2D eigenvalue weighted by Gasteiger charge is 1.86. The highest BCUT2D eigenvalue weighted by Crippen LogP contribution is 2.07. The van der Waals surface area contributed by atoms with Gasteiger partial charge in [0.25, 0.3) is 0 Å². The van der Waals surface area contributed by atoms with Gasteiger partial charge in [0.2, 0.25) is 0 Å². The molecule has 0 atom stereocenters. The maximum absolute atomic E-state index is 10.0. The summed E-state index contributed by atoms with van der Waals surface area (Å²) in [6.45, 7) is 0. The molecule has 0 aliphatic rings. The van der Waals surface area contributed by atoms with Crippen LogP contribution in [0.5, 0.6) is 0 Å².